The van der Waals surface area contributed by atoms with E-state index < -0.39 is 0 Å². The first-order valence-corrected chi connectivity index (χ1v) is 8.02. The second-order valence-corrected chi connectivity index (χ2v) is 5.73. The van der Waals surface area contributed by atoms with Crippen molar-refractivity contribution >= 4 is 5.84 Å². The van der Waals surface area contributed by atoms with Crippen molar-refractivity contribution in [3.8, 4) is 5.75 Å². The van der Waals surface area contributed by atoms with Gasteiger partial charge in [-0.15, -0.1) is 0 Å². The molecule has 0 spiro atoms. The summed E-state index contributed by atoms with van der Waals surface area (Å²) in [5.41, 5.74) is 6.18. The molecule has 4 heteroatoms. The van der Waals surface area contributed by atoms with E-state index in [9.17, 15) is 0 Å². The third kappa shape index (κ3) is 4.74. The Balaban J connectivity index is 1.81. The highest BCUT2D eigenvalue weighted by Crippen LogP contribution is 2.19. The first kappa shape index (κ1) is 15.8. The van der Waals surface area contributed by atoms with Crippen LogP contribution in [-0.4, -0.2) is 36.5 Å². The largest absolute Gasteiger partial charge is 0.492 e. The van der Waals surface area contributed by atoms with Crippen LogP contribution in [0.2, 0.25) is 0 Å². The molecule has 0 bridgehead atoms. The van der Waals surface area contributed by atoms with Crippen LogP contribution in [0.15, 0.2) is 24.3 Å². The van der Waals surface area contributed by atoms with Crippen molar-refractivity contribution in [3.63, 3.8) is 0 Å². The van der Waals surface area contributed by atoms with Gasteiger partial charge in [0, 0.05) is 18.2 Å². The van der Waals surface area contributed by atoms with Gasteiger partial charge in [-0.2, -0.15) is 0 Å². The number of nitrogens with zero attached hydrogens (tertiary/aromatic N) is 1. The number of rotatable bonds is 6. The highest BCUT2D eigenvalue weighted by molar-refractivity contribution is 5.94. The van der Waals surface area contributed by atoms with E-state index in [0.717, 1.165) is 30.5 Å². The summed E-state index contributed by atoms with van der Waals surface area (Å²) < 4.78 is 5.82. The van der Waals surface area contributed by atoms with Crippen molar-refractivity contribution in [1.82, 2.24) is 4.90 Å². The topological polar surface area (TPSA) is 62.3 Å². The smallest absolute Gasteiger partial charge is 0.122 e. The molecule has 116 valence electrons. The summed E-state index contributed by atoms with van der Waals surface area (Å²) in [6.07, 6.45) is 6.59. The molecule has 0 aliphatic carbocycles. The maximum absolute atomic E-state index is 7.37. The molecule has 0 amide bonds. The predicted molar refractivity (Wildman–Crippen MR) is 87.1 cm³/mol. The highest BCUT2D eigenvalue weighted by Gasteiger charge is 2.18. The molecule has 1 unspecified atom stereocenters. The van der Waals surface area contributed by atoms with E-state index in [1.165, 1.54) is 38.6 Å². The minimum absolute atomic E-state index is 0.0944. The minimum Gasteiger partial charge on any atom is -0.492 e. The van der Waals surface area contributed by atoms with Gasteiger partial charge in [0.05, 0.1) is 0 Å². The normalized spacial score (nSPS) is 20.0. The number of nitrogens with one attached hydrogen (secondary N) is 1. The Hall–Kier alpha value is -1.55. The second kappa shape index (κ2) is 8.03. The van der Waals surface area contributed by atoms with Gasteiger partial charge in [-0.3, -0.25) is 10.3 Å². The van der Waals surface area contributed by atoms with Gasteiger partial charge in [0.1, 0.15) is 18.2 Å². The van der Waals surface area contributed by atoms with Crippen molar-refractivity contribution in [3.05, 3.63) is 29.8 Å². The lowest BCUT2D eigenvalue weighted by Gasteiger charge is -2.28. The molecule has 1 aromatic rings. The number of hydrogen-bond acceptors (Lipinski definition) is 3. The van der Waals surface area contributed by atoms with Gasteiger partial charge in [0.2, 0.25) is 0 Å². The van der Waals surface area contributed by atoms with Gasteiger partial charge in [-0.25, -0.2) is 0 Å². The van der Waals surface area contributed by atoms with E-state index in [1.54, 1.807) is 0 Å². The van der Waals surface area contributed by atoms with Crippen LogP contribution in [-0.2, 0) is 0 Å². The number of nitrogen functional groups attached to an aromatic ring is 1. The third-order valence-corrected chi connectivity index (χ3v) is 4.28. The van der Waals surface area contributed by atoms with Crippen LogP contribution in [0.1, 0.15) is 44.6 Å². The van der Waals surface area contributed by atoms with Crippen molar-refractivity contribution in [2.75, 3.05) is 19.7 Å². The van der Waals surface area contributed by atoms with Crippen LogP contribution < -0.4 is 10.5 Å². The Labute approximate surface area is 127 Å². The number of amidine groups is 1. The summed E-state index contributed by atoms with van der Waals surface area (Å²) in [5, 5.41) is 7.37. The van der Waals surface area contributed by atoms with E-state index in [-0.39, 0.29) is 5.84 Å². The second-order valence-electron chi connectivity index (χ2n) is 5.73. The maximum atomic E-state index is 7.37. The van der Waals surface area contributed by atoms with Crippen LogP contribution >= 0.6 is 0 Å². The summed E-state index contributed by atoms with van der Waals surface area (Å²) in [6, 6.07) is 8.15. The fraction of sp³-hybridized carbons (Fsp3) is 0.588. The lowest BCUT2D eigenvalue weighted by molar-refractivity contribution is 0.158. The van der Waals surface area contributed by atoms with Gasteiger partial charge >= 0.3 is 0 Å². The van der Waals surface area contributed by atoms with E-state index in [0.29, 0.717) is 0 Å². The number of hydrogen-bond donors (Lipinski definition) is 2. The summed E-state index contributed by atoms with van der Waals surface area (Å²) in [6.45, 7) is 5.19. The van der Waals surface area contributed by atoms with E-state index in [2.05, 4.69) is 11.8 Å². The Morgan fingerprint density at radius 1 is 1.29 bits per heavy atom. The molecule has 4 nitrogen and oxygen atoms in total. The average Bonchev–Trinajstić information content (AvgIpc) is 2.73. The van der Waals surface area contributed by atoms with Crippen LogP contribution in [0.4, 0.5) is 0 Å². The van der Waals surface area contributed by atoms with Crippen molar-refractivity contribution in [2.24, 2.45) is 5.73 Å². The van der Waals surface area contributed by atoms with Crippen LogP contribution in [0.3, 0.4) is 0 Å². The Kier molecular flexibility index (Phi) is 6.05. The van der Waals surface area contributed by atoms with E-state index in [1.807, 2.05) is 24.3 Å². The summed E-state index contributed by atoms with van der Waals surface area (Å²) >= 11 is 0. The molecule has 1 aliphatic heterocycles. The molecular weight excluding hydrogens is 262 g/mol. The molecule has 1 atom stereocenters. The van der Waals surface area contributed by atoms with Crippen LogP contribution in [0, 0.1) is 5.41 Å². The molecule has 21 heavy (non-hydrogen) atoms. The molecule has 0 saturated carbocycles. The zero-order valence-electron chi connectivity index (χ0n) is 13.0. The first-order chi connectivity index (χ1) is 10.2. The molecule has 1 heterocycles. The summed E-state index contributed by atoms with van der Waals surface area (Å²) in [4.78, 5) is 2.58. The Morgan fingerprint density at radius 2 is 2.05 bits per heavy atom. The molecule has 0 aromatic heterocycles. The lowest BCUT2D eigenvalue weighted by Crippen LogP contribution is -2.37. The van der Waals surface area contributed by atoms with Crippen molar-refractivity contribution < 1.29 is 4.74 Å². The highest BCUT2D eigenvalue weighted by atomic mass is 16.5. The lowest BCUT2D eigenvalue weighted by atomic mass is 10.1. The third-order valence-electron chi connectivity index (χ3n) is 4.28. The summed E-state index contributed by atoms with van der Waals surface area (Å²) in [5.74, 6) is 0.944. The number of ether oxygens (including phenoxy) is 1. The van der Waals surface area contributed by atoms with Gasteiger partial charge in [0.15, 0.2) is 0 Å². The number of benzene rings is 1. The fourth-order valence-corrected chi connectivity index (χ4v) is 3.00. The monoisotopic (exact) mass is 289 g/mol. The summed E-state index contributed by atoms with van der Waals surface area (Å²) in [7, 11) is 0. The van der Waals surface area contributed by atoms with E-state index in [4.69, 9.17) is 15.9 Å². The molecule has 1 saturated heterocycles. The van der Waals surface area contributed by atoms with E-state index >= 15 is 0 Å². The minimum atomic E-state index is 0.0944. The molecule has 3 N–H and O–H groups in total. The van der Waals surface area contributed by atoms with Gasteiger partial charge in [-0.05, 0) is 50.1 Å². The zero-order valence-corrected chi connectivity index (χ0v) is 13.0. The quantitative estimate of drug-likeness (QED) is 0.625. The van der Waals surface area contributed by atoms with Gasteiger partial charge in [0.25, 0.3) is 0 Å². The van der Waals surface area contributed by atoms with Gasteiger partial charge in [-0.1, -0.05) is 19.8 Å². The van der Waals surface area contributed by atoms with Crippen LogP contribution in [0.5, 0.6) is 5.75 Å². The molecule has 2 rings (SSSR count). The molecule has 0 radical (unpaired) electrons. The molecule has 1 aromatic carbocycles. The molecular formula is C17H27N3O. The van der Waals surface area contributed by atoms with Gasteiger partial charge < -0.3 is 10.5 Å². The number of nitrogens with two attached hydrogens (primary N) is 1. The fourth-order valence-electron chi connectivity index (χ4n) is 3.00. The predicted octanol–water partition coefficient (Wildman–Crippen LogP) is 3.00. The first-order valence-electron chi connectivity index (χ1n) is 8.02. The zero-order chi connectivity index (χ0) is 15.1. The average molecular weight is 289 g/mol. The standard InChI is InChI=1S/C17H27N3O/c1-2-15-6-4-3-5-11-20(15)12-13-21-16-9-7-14(8-10-16)17(18)19/h7-10,15H,2-6,11-13H2,1H3,(H3,18,19). The number of likely N-dealkylation sites (tertiary alicyclic amines) is 1. The molecule has 1 aliphatic rings. The van der Waals surface area contributed by atoms with Crippen molar-refractivity contribution in [2.45, 2.75) is 45.1 Å². The molecule has 1 fully saturated rings. The Bertz CT molecular complexity index is 444. The van der Waals surface area contributed by atoms with Crippen molar-refractivity contribution in [1.29, 1.82) is 5.41 Å². The van der Waals surface area contributed by atoms with Crippen LogP contribution in [0.25, 0.3) is 0 Å². The SMILES string of the molecule is CCC1CCCCCN1CCOc1ccc(C(=N)N)cc1. The maximum Gasteiger partial charge on any atom is 0.122 e. The Morgan fingerprint density at radius 3 is 2.71 bits per heavy atom.